The van der Waals surface area contributed by atoms with Crippen LogP contribution in [0.5, 0.6) is 0 Å². The molecule has 1 unspecified atom stereocenters. The number of nitrogens with zero attached hydrogens (tertiary/aromatic N) is 1. The monoisotopic (exact) mass is 272 g/mol. The van der Waals surface area contributed by atoms with Gasteiger partial charge in [-0.1, -0.05) is 0 Å². The Morgan fingerprint density at radius 1 is 1.42 bits per heavy atom. The first kappa shape index (κ1) is 15.3. The Balaban J connectivity index is 2.89. The van der Waals surface area contributed by atoms with Crippen LogP contribution in [-0.2, 0) is 10.9 Å². The molecule has 0 saturated heterocycles. The lowest BCUT2D eigenvalue weighted by molar-refractivity contribution is -0.137. The second kappa shape index (κ2) is 6.43. The van der Waals surface area contributed by atoms with Crippen molar-refractivity contribution in [3.63, 3.8) is 0 Å². The van der Waals surface area contributed by atoms with Gasteiger partial charge in [0.25, 0.3) is 0 Å². The van der Waals surface area contributed by atoms with E-state index in [1.54, 1.807) is 13.2 Å². The van der Waals surface area contributed by atoms with Gasteiger partial charge >= 0.3 is 6.18 Å². The van der Waals surface area contributed by atoms with E-state index in [1.165, 1.54) is 6.07 Å². The van der Waals surface area contributed by atoms with E-state index in [-0.39, 0.29) is 11.6 Å². The van der Waals surface area contributed by atoms with Crippen LogP contribution in [0, 0.1) is 11.3 Å². The molecular weight excluding hydrogens is 257 g/mol. The fourth-order valence-corrected chi connectivity index (χ4v) is 1.57. The van der Waals surface area contributed by atoms with E-state index >= 15 is 0 Å². The van der Waals surface area contributed by atoms with E-state index in [1.807, 2.05) is 6.92 Å². The topological polar surface area (TPSA) is 45.0 Å². The van der Waals surface area contributed by atoms with E-state index in [0.29, 0.717) is 18.7 Å². The Morgan fingerprint density at radius 3 is 2.63 bits per heavy atom. The van der Waals surface area contributed by atoms with Gasteiger partial charge in [-0.05, 0) is 31.5 Å². The van der Waals surface area contributed by atoms with Gasteiger partial charge in [0.15, 0.2) is 0 Å². The van der Waals surface area contributed by atoms with Crippen molar-refractivity contribution in [1.29, 1.82) is 5.26 Å². The van der Waals surface area contributed by atoms with Crippen LogP contribution >= 0.6 is 0 Å². The summed E-state index contributed by atoms with van der Waals surface area (Å²) >= 11 is 0. The summed E-state index contributed by atoms with van der Waals surface area (Å²) in [5, 5.41) is 11.9. The molecule has 1 rings (SSSR count). The summed E-state index contributed by atoms with van der Waals surface area (Å²) in [6, 6.07) is 4.88. The maximum Gasteiger partial charge on any atom is 0.416 e. The molecule has 1 aromatic carbocycles. The van der Waals surface area contributed by atoms with Gasteiger partial charge in [0.1, 0.15) is 6.07 Å². The van der Waals surface area contributed by atoms with Gasteiger partial charge in [-0.25, -0.2) is 0 Å². The van der Waals surface area contributed by atoms with Crippen molar-refractivity contribution < 1.29 is 17.9 Å². The van der Waals surface area contributed by atoms with Gasteiger partial charge in [-0.2, -0.15) is 18.4 Å². The molecule has 0 fully saturated rings. The molecule has 0 aliphatic heterocycles. The number of nitrogens with one attached hydrogen (secondary N) is 1. The number of hydrogen-bond donors (Lipinski definition) is 1. The normalized spacial score (nSPS) is 12.8. The number of methoxy groups -OCH3 is 1. The molecule has 0 amide bonds. The maximum absolute atomic E-state index is 12.5. The van der Waals surface area contributed by atoms with Crippen LogP contribution < -0.4 is 5.32 Å². The van der Waals surface area contributed by atoms with E-state index in [9.17, 15) is 13.2 Å². The molecule has 3 nitrogen and oxygen atoms in total. The van der Waals surface area contributed by atoms with Crippen molar-refractivity contribution in [2.75, 3.05) is 19.0 Å². The minimum Gasteiger partial charge on any atom is -0.385 e. The van der Waals surface area contributed by atoms with Gasteiger partial charge in [0, 0.05) is 19.8 Å². The summed E-state index contributed by atoms with van der Waals surface area (Å²) < 4.78 is 42.5. The number of anilines is 1. The average molecular weight is 272 g/mol. The Bertz CT molecular complexity index is 466. The van der Waals surface area contributed by atoms with Crippen LogP contribution in [0.4, 0.5) is 18.9 Å². The van der Waals surface area contributed by atoms with Crippen molar-refractivity contribution in [2.24, 2.45) is 0 Å². The molecule has 0 aromatic heterocycles. The first-order valence-corrected chi connectivity index (χ1v) is 5.75. The van der Waals surface area contributed by atoms with E-state index in [2.05, 4.69) is 5.32 Å². The van der Waals surface area contributed by atoms with Crippen molar-refractivity contribution in [2.45, 2.75) is 25.6 Å². The number of benzene rings is 1. The van der Waals surface area contributed by atoms with Crippen molar-refractivity contribution in [3.8, 4) is 6.07 Å². The zero-order chi connectivity index (χ0) is 14.5. The third-order valence-corrected chi connectivity index (χ3v) is 2.62. The van der Waals surface area contributed by atoms with E-state index in [4.69, 9.17) is 10.00 Å². The van der Waals surface area contributed by atoms with Crippen LogP contribution in [0.1, 0.15) is 24.5 Å². The fourth-order valence-electron chi connectivity index (χ4n) is 1.57. The average Bonchev–Trinajstić information content (AvgIpc) is 2.35. The molecule has 6 heteroatoms. The fraction of sp³-hybridized carbons (Fsp3) is 0.462. The molecule has 0 aliphatic rings. The summed E-state index contributed by atoms with van der Waals surface area (Å²) in [4.78, 5) is 0. The minimum atomic E-state index is -4.44. The van der Waals surface area contributed by atoms with Crippen LogP contribution in [0.3, 0.4) is 0 Å². The summed E-state index contributed by atoms with van der Waals surface area (Å²) in [6.07, 6.45) is -3.74. The maximum atomic E-state index is 12.5. The molecule has 0 bridgehead atoms. The van der Waals surface area contributed by atoms with Gasteiger partial charge in [0.2, 0.25) is 0 Å². The Morgan fingerprint density at radius 2 is 2.11 bits per heavy atom. The van der Waals surface area contributed by atoms with Gasteiger partial charge in [0.05, 0.1) is 16.8 Å². The quantitative estimate of drug-likeness (QED) is 0.893. The highest BCUT2D eigenvalue weighted by molar-refractivity contribution is 5.59. The highest BCUT2D eigenvalue weighted by atomic mass is 19.4. The number of ether oxygens (including phenoxy) is 1. The predicted octanol–water partition coefficient (Wildman–Crippen LogP) is 3.41. The lowest BCUT2D eigenvalue weighted by atomic mass is 10.1. The van der Waals surface area contributed by atoms with Crippen molar-refractivity contribution in [3.05, 3.63) is 29.3 Å². The first-order chi connectivity index (χ1) is 8.88. The number of halogens is 3. The van der Waals surface area contributed by atoms with Gasteiger partial charge < -0.3 is 10.1 Å². The van der Waals surface area contributed by atoms with Gasteiger partial charge in [-0.3, -0.25) is 0 Å². The molecule has 0 spiro atoms. The number of nitriles is 1. The predicted molar refractivity (Wildman–Crippen MR) is 65.7 cm³/mol. The molecule has 0 aliphatic carbocycles. The van der Waals surface area contributed by atoms with Gasteiger partial charge in [-0.15, -0.1) is 0 Å². The molecule has 19 heavy (non-hydrogen) atoms. The summed E-state index contributed by atoms with van der Waals surface area (Å²) in [5.74, 6) is 0. The molecule has 1 atom stereocenters. The smallest absolute Gasteiger partial charge is 0.385 e. The van der Waals surface area contributed by atoms with Crippen LogP contribution in [0.15, 0.2) is 18.2 Å². The molecule has 1 aromatic rings. The number of alkyl halides is 3. The third-order valence-electron chi connectivity index (χ3n) is 2.62. The lowest BCUT2D eigenvalue weighted by Gasteiger charge is -2.17. The first-order valence-electron chi connectivity index (χ1n) is 5.75. The SMILES string of the molecule is COCCC(C)Nc1ccc(C(F)(F)F)cc1C#N. The largest absolute Gasteiger partial charge is 0.416 e. The lowest BCUT2D eigenvalue weighted by Crippen LogP contribution is -2.18. The second-order valence-corrected chi connectivity index (χ2v) is 4.20. The summed E-state index contributed by atoms with van der Waals surface area (Å²) in [6.45, 7) is 2.41. The number of rotatable bonds is 5. The minimum absolute atomic E-state index is 0.00351. The zero-order valence-corrected chi connectivity index (χ0v) is 10.7. The molecule has 0 radical (unpaired) electrons. The van der Waals surface area contributed by atoms with E-state index in [0.717, 1.165) is 12.1 Å². The molecule has 0 saturated carbocycles. The Hall–Kier alpha value is -1.74. The van der Waals surface area contributed by atoms with E-state index < -0.39 is 11.7 Å². The number of hydrogen-bond acceptors (Lipinski definition) is 3. The Labute approximate surface area is 110 Å². The summed E-state index contributed by atoms with van der Waals surface area (Å²) in [7, 11) is 1.57. The third kappa shape index (κ3) is 4.45. The Kier molecular flexibility index (Phi) is 5.19. The van der Waals surface area contributed by atoms with Crippen LogP contribution in [0.2, 0.25) is 0 Å². The molecule has 1 N–H and O–H groups in total. The highest BCUT2D eigenvalue weighted by Crippen LogP contribution is 2.31. The standard InChI is InChI=1S/C13H15F3N2O/c1-9(5-6-19-2)18-12-4-3-11(13(14,15)16)7-10(12)8-17/h3-4,7,9,18H,5-6H2,1-2H3. The van der Waals surface area contributed by atoms with Crippen molar-refractivity contribution >= 4 is 5.69 Å². The zero-order valence-electron chi connectivity index (χ0n) is 10.7. The van der Waals surface area contributed by atoms with Crippen LogP contribution in [-0.4, -0.2) is 19.8 Å². The second-order valence-electron chi connectivity index (χ2n) is 4.20. The molecular formula is C13H15F3N2O. The molecule has 104 valence electrons. The van der Waals surface area contributed by atoms with Crippen LogP contribution in [0.25, 0.3) is 0 Å². The summed E-state index contributed by atoms with van der Waals surface area (Å²) in [5.41, 5.74) is -0.433. The highest BCUT2D eigenvalue weighted by Gasteiger charge is 2.31. The van der Waals surface area contributed by atoms with Crippen molar-refractivity contribution in [1.82, 2.24) is 0 Å². The molecule has 0 heterocycles.